The van der Waals surface area contributed by atoms with E-state index in [4.69, 9.17) is 4.74 Å². The van der Waals surface area contributed by atoms with Crippen LogP contribution < -0.4 is 0 Å². The molecule has 2 aliphatic rings. The number of morpholine rings is 1. The Morgan fingerprint density at radius 3 is 2.29 bits per heavy atom. The number of nitrogens with zero attached hydrogens (tertiary/aromatic N) is 1. The van der Waals surface area contributed by atoms with Crippen LogP contribution in [-0.4, -0.2) is 23.4 Å². The summed E-state index contributed by atoms with van der Waals surface area (Å²) in [6.07, 6.45) is 0.354. The molecular formula is C20H19NO3. The zero-order chi connectivity index (χ0) is 16.7. The Morgan fingerprint density at radius 2 is 1.62 bits per heavy atom. The van der Waals surface area contributed by atoms with Crippen LogP contribution >= 0.6 is 0 Å². The van der Waals surface area contributed by atoms with Crippen molar-refractivity contribution in [1.82, 2.24) is 4.90 Å². The van der Waals surface area contributed by atoms with E-state index in [1.807, 2.05) is 67.6 Å². The van der Waals surface area contributed by atoms with E-state index in [9.17, 15) is 9.59 Å². The van der Waals surface area contributed by atoms with Gasteiger partial charge in [-0.25, -0.2) is 4.79 Å². The van der Waals surface area contributed by atoms with Gasteiger partial charge in [-0.05, 0) is 11.1 Å². The SMILES string of the molecule is C[C@H]1CC(=O)N2[C@H](c3ccccc3)COC(=O)[C@]12c1ccccc1. The highest BCUT2D eigenvalue weighted by Gasteiger charge is 2.62. The summed E-state index contributed by atoms with van der Waals surface area (Å²) in [5.74, 6) is -0.442. The van der Waals surface area contributed by atoms with Gasteiger partial charge in [0.1, 0.15) is 6.61 Å². The standard InChI is InChI=1S/C20H19NO3/c1-14-12-18(22)21-17(15-8-4-2-5-9-15)13-24-19(23)20(14,21)16-10-6-3-7-11-16/h2-11,14,17H,12-13H2,1H3/t14-,17-,20+/m0/s1. The predicted molar refractivity (Wildman–Crippen MR) is 88.9 cm³/mol. The first-order valence-corrected chi connectivity index (χ1v) is 8.25. The van der Waals surface area contributed by atoms with Crippen molar-refractivity contribution in [1.29, 1.82) is 0 Å². The lowest BCUT2D eigenvalue weighted by Gasteiger charge is -2.47. The number of hydrogen-bond donors (Lipinski definition) is 0. The highest BCUT2D eigenvalue weighted by molar-refractivity contribution is 5.94. The van der Waals surface area contributed by atoms with Crippen LogP contribution in [0.5, 0.6) is 0 Å². The van der Waals surface area contributed by atoms with E-state index in [1.165, 1.54) is 0 Å². The molecule has 0 bridgehead atoms. The first kappa shape index (κ1) is 14.9. The van der Waals surface area contributed by atoms with Crippen LogP contribution in [0, 0.1) is 5.92 Å². The van der Waals surface area contributed by atoms with Crippen molar-refractivity contribution >= 4 is 11.9 Å². The number of esters is 1. The molecule has 24 heavy (non-hydrogen) atoms. The second kappa shape index (κ2) is 5.48. The van der Waals surface area contributed by atoms with E-state index in [2.05, 4.69) is 0 Å². The van der Waals surface area contributed by atoms with Gasteiger partial charge in [0.05, 0.1) is 6.04 Å². The Bertz CT molecular complexity index is 774. The van der Waals surface area contributed by atoms with Crippen LogP contribution in [0.1, 0.15) is 30.5 Å². The molecule has 4 heteroatoms. The highest BCUT2D eigenvalue weighted by atomic mass is 16.5. The molecule has 4 nitrogen and oxygen atoms in total. The van der Waals surface area contributed by atoms with E-state index in [0.29, 0.717) is 6.42 Å². The average molecular weight is 321 g/mol. The molecule has 3 atom stereocenters. The largest absolute Gasteiger partial charge is 0.461 e. The van der Waals surface area contributed by atoms with Gasteiger partial charge in [-0.3, -0.25) is 4.79 Å². The number of ether oxygens (including phenoxy) is 1. The second-order valence-electron chi connectivity index (χ2n) is 6.53. The maximum atomic E-state index is 12.9. The topological polar surface area (TPSA) is 46.6 Å². The molecule has 2 aromatic carbocycles. The summed E-state index contributed by atoms with van der Waals surface area (Å²) in [5.41, 5.74) is 0.790. The molecule has 0 spiro atoms. The lowest BCUT2D eigenvalue weighted by molar-refractivity contribution is -0.180. The predicted octanol–water partition coefficient (Wildman–Crippen LogP) is 3.05. The molecule has 0 aliphatic carbocycles. The van der Waals surface area contributed by atoms with E-state index in [0.717, 1.165) is 11.1 Å². The van der Waals surface area contributed by atoms with Gasteiger partial charge in [0.2, 0.25) is 5.91 Å². The van der Waals surface area contributed by atoms with Gasteiger partial charge in [-0.15, -0.1) is 0 Å². The van der Waals surface area contributed by atoms with Crippen LogP contribution in [0.3, 0.4) is 0 Å². The monoisotopic (exact) mass is 321 g/mol. The molecule has 2 aliphatic heterocycles. The normalized spacial score (nSPS) is 29.3. The number of amides is 1. The fraction of sp³-hybridized carbons (Fsp3) is 0.300. The van der Waals surface area contributed by atoms with E-state index in [1.54, 1.807) is 4.90 Å². The smallest absolute Gasteiger partial charge is 0.337 e. The molecule has 122 valence electrons. The molecule has 2 fully saturated rings. The van der Waals surface area contributed by atoms with Crippen molar-refractivity contribution in [3.05, 3.63) is 71.8 Å². The van der Waals surface area contributed by atoms with E-state index in [-0.39, 0.29) is 30.4 Å². The minimum atomic E-state index is -1.03. The van der Waals surface area contributed by atoms with E-state index >= 15 is 0 Å². The van der Waals surface area contributed by atoms with Crippen molar-refractivity contribution in [3.8, 4) is 0 Å². The minimum absolute atomic E-state index is 0.0110. The first-order chi connectivity index (χ1) is 11.7. The summed E-state index contributed by atoms with van der Waals surface area (Å²) >= 11 is 0. The molecule has 2 aromatic rings. The Balaban J connectivity index is 1.90. The minimum Gasteiger partial charge on any atom is -0.461 e. The maximum absolute atomic E-state index is 12.9. The van der Waals surface area contributed by atoms with Crippen molar-refractivity contribution < 1.29 is 14.3 Å². The average Bonchev–Trinajstić information content (AvgIpc) is 2.89. The number of benzene rings is 2. The van der Waals surface area contributed by atoms with E-state index < -0.39 is 5.54 Å². The molecule has 0 radical (unpaired) electrons. The molecule has 0 aromatic heterocycles. The number of carbonyl (C=O) groups excluding carboxylic acids is 2. The van der Waals surface area contributed by atoms with Gasteiger partial charge in [-0.1, -0.05) is 67.6 Å². The summed E-state index contributed by atoms with van der Waals surface area (Å²) in [5, 5.41) is 0. The van der Waals surface area contributed by atoms with Gasteiger partial charge >= 0.3 is 5.97 Å². The van der Waals surface area contributed by atoms with Crippen LogP contribution in [0.25, 0.3) is 0 Å². The zero-order valence-electron chi connectivity index (χ0n) is 13.5. The molecule has 0 saturated carbocycles. The third-order valence-corrected chi connectivity index (χ3v) is 5.24. The van der Waals surface area contributed by atoms with Crippen LogP contribution in [-0.2, 0) is 19.9 Å². The molecular weight excluding hydrogens is 302 g/mol. The van der Waals surface area contributed by atoms with Crippen molar-refractivity contribution in [3.63, 3.8) is 0 Å². The highest BCUT2D eigenvalue weighted by Crippen LogP contribution is 2.51. The van der Waals surface area contributed by atoms with Gasteiger partial charge < -0.3 is 9.64 Å². The summed E-state index contributed by atoms with van der Waals surface area (Å²) in [4.78, 5) is 27.5. The Morgan fingerprint density at radius 1 is 1.00 bits per heavy atom. The number of fused-ring (bicyclic) bond motifs is 1. The van der Waals surface area contributed by atoms with Crippen LogP contribution in [0.15, 0.2) is 60.7 Å². The fourth-order valence-corrected chi connectivity index (χ4v) is 4.15. The quantitative estimate of drug-likeness (QED) is 0.799. The maximum Gasteiger partial charge on any atom is 0.337 e. The number of rotatable bonds is 2. The Hall–Kier alpha value is -2.62. The molecule has 1 amide bonds. The lowest BCUT2D eigenvalue weighted by atomic mass is 9.78. The van der Waals surface area contributed by atoms with Gasteiger partial charge in [0.25, 0.3) is 0 Å². The number of cyclic esters (lactones) is 1. The summed E-state index contributed by atoms with van der Waals surface area (Å²) in [6, 6.07) is 19.1. The summed E-state index contributed by atoms with van der Waals surface area (Å²) in [7, 11) is 0. The van der Waals surface area contributed by atoms with Crippen molar-refractivity contribution in [2.45, 2.75) is 24.9 Å². The van der Waals surface area contributed by atoms with Gasteiger partial charge in [-0.2, -0.15) is 0 Å². The number of hydrogen-bond acceptors (Lipinski definition) is 3. The summed E-state index contributed by atoms with van der Waals surface area (Å²) in [6.45, 7) is 2.16. The third kappa shape index (κ3) is 1.92. The van der Waals surface area contributed by atoms with Gasteiger partial charge in [0, 0.05) is 12.3 Å². The van der Waals surface area contributed by atoms with Crippen LogP contribution in [0.2, 0.25) is 0 Å². The second-order valence-corrected chi connectivity index (χ2v) is 6.53. The summed E-state index contributed by atoms with van der Waals surface area (Å²) < 4.78 is 5.60. The third-order valence-electron chi connectivity index (χ3n) is 5.24. The lowest BCUT2D eigenvalue weighted by Crippen LogP contribution is -2.58. The Labute approximate surface area is 141 Å². The molecule has 2 heterocycles. The first-order valence-electron chi connectivity index (χ1n) is 8.25. The van der Waals surface area contributed by atoms with Crippen molar-refractivity contribution in [2.75, 3.05) is 6.61 Å². The molecule has 0 N–H and O–H groups in total. The number of carbonyl (C=O) groups is 2. The fourth-order valence-electron chi connectivity index (χ4n) is 4.15. The van der Waals surface area contributed by atoms with Crippen LogP contribution in [0.4, 0.5) is 0 Å². The van der Waals surface area contributed by atoms with Crippen molar-refractivity contribution in [2.24, 2.45) is 5.92 Å². The molecule has 2 saturated heterocycles. The zero-order valence-corrected chi connectivity index (χ0v) is 13.5. The molecule has 4 rings (SSSR count). The molecule has 0 unspecified atom stereocenters. The Kier molecular flexibility index (Phi) is 3.41. The van der Waals surface area contributed by atoms with Gasteiger partial charge in [0.15, 0.2) is 5.54 Å².